The van der Waals surface area contributed by atoms with Crippen molar-refractivity contribution in [3.8, 4) is 22.9 Å². The van der Waals surface area contributed by atoms with Gasteiger partial charge in [0.1, 0.15) is 12.0 Å². The zero-order valence-corrected chi connectivity index (χ0v) is 20.4. The number of fused-ring (bicyclic) bond motifs is 1. The summed E-state index contributed by atoms with van der Waals surface area (Å²) in [6.45, 7) is 0.825. The number of pyridine rings is 1. The van der Waals surface area contributed by atoms with Gasteiger partial charge < -0.3 is 19.8 Å². The number of methoxy groups -OCH3 is 1. The van der Waals surface area contributed by atoms with Gasteiger partial charge in [-0.25, -0.2) is 23.8 Å². The molecule has 3 aromatic heterocycles. The van der Waals surface area contributed by atoms with E-state index in [2.05, 4.69) is 15.1 Å². The number of halogens is 5. The number of nitrogen functional groups attached to an aromatic ring is 1. The molecule has 39 heavy (non-hydrogen) atoms. The highest BCUT2D eigenvalue weighted by Crippen LogP contribution is 2.33. The summed E-state index contributed by atoms with van der Waals surface area (Å²) in [5.74, 6) is -1.48. The molecule has 1 aromatic carbocycles. The first-order valence-electron chi connectivity index (χ1n) is 11.3. The maximum Gasteiger partial charge on any atom is 0.425 e. The molecule has 0 spiro atoms. The summed E-state index contributed by atoms with van der Waals surface area (Å²) in [7, 11) is 1.37. The topological polar surface area (TPSA) is 138 Å². The largest absolute Gasteiger partial charge is 0.491 e. The zero-order chi connectivity index (χ0) is 28.5. The van der Waals surface area contributed by atoms with Crippen LogP contribution in [0, 0.1) is 5.82 Å². The molecule has 4 aromatic rings. The molecule has 2 atom stereocenters. The summed E-state index contributed by atoms with van der Waals surface area (Å²) >= 11 is 0. The Hall–Kier alpha value is -4.56. The second-order valence-electron chi connectivity index (χ2n) is 8.54. The molecule has 10 nitrogen and oxygen atoms in total. The highest BCUT2D eigenvalue weighted by Gasteiger charge is 2.38. The number of hydrogen-bond donors (Lipinski definition) is 2. The quantitative estimate of drug-likeness (QED) is 0.317. The van der Waals surface area contributed by atoms with Crippen molar-refractivity contribution in [2.24, 2.45) is 0 Å². The Balaban J connectivity index is 1.52. The van der Waals surface area contributed by atoms with Crippen LogP contribution >= 0.6 is 0 Å². The van der Waals surface area contributed by atoms with Crippen molar-refractivity contribution in [3.05, 3.63) is 68.9 Å². The van der Waals surface area contributed by atoms with Crippen LogP contribution in [0.25, 0.3) is 22.2 Å². The molecule has 0 saturated carbocycles. The van der Waals surface area contributed by atoms with E-state index in [1.165, 1.54) is 38.6 Å². The fourth-order valence-corrected chi connectivity index (χ4v) is 3.94. The number of hydrogen-bond acceptors (Lipinski definition) is 8. The normalized spacial score (nSPS) is 13.3. The molecule has 0 aliphatic rings. The predicted octanol–water partition coefficient (Wildman–Crippen LogP) is 3.49. The van der Waals surface area contributed by atoms with E-state index >= 15 is 0 Å². The minimum Gasteiger partial charge on any atom is -0.491 e. The summed E-state index contributed by atoms with van der Waals surface area (Å²) in [6, 6.07) is 3.80. The number of nitrogens with two attached hydrogens (primary N) is 1. The molecule has 0 amide bonds. The van der Waals surface area contributed by atoms with Crippen LogP contribution in [-0.2, 0) is 12.7 Å². The number of nitrogens with zero attached hydrogens (tertiary/aromatic N) is 4. The van der Waals surface area contributed by atoms with Crippen LogP contribution in [0.2, 0.25) is 0 Å². The van der Waals surface area contributed by atoms with Gasteiger partial charge in [-0.1, -0.05) is 0 Å². The van der Waals surface area contributed by atoms with E-state index in [1.54, 1.807) is 5.10 Å². The number of ether oxygens (including phenoxy) is 2. The monoisotopic (exact) mass is 552 g/mol. The summed E-state index contributed by atoms with van der Waals surface area (Å²) < 4.78 is 80.5. The van der Waals surface area contributed by atoms with E-state index in [4.69, 9.17) is 15.2 Å². The zero-order valence-electron chi connectivity index (χ0n) is 20.4. The number of nitrogens with one attached hydrogen (secondary N) is 1. The summed E-state index contributed by atoms with van der Waals surface area (Å²) in [5, 5.41) is 5.26. The number of alkyl halides is 4. The van der Waals surface area contributed by atoms with E-state index in [0.29, 0.717) is 11.6 Å². The average Bonchev–Trinajstić information content (AvgIpc) is 2.85. The summed E-state index contributed by atoms with van der Waals surface area (Å²) in [6.07, 6.45) is -5.02. The van der Waals surface area contributed by atoms with Gasteiger partial charge in [-0.2, -0.15) is 18.3 Å². The second kappa shape index (κ2) is 10.7. The van der Waals surface area contributed by atoms with E-state index in [-0.39, 0.29) is 28.3 Å². The molecule has 3 heterocycles. The van der Waals surface area contributed by atoms with Crippen molar-refractivity contribution in [1.82, 2.24) is 24.7 Å². The van der Waals surface area contributed by atoms with Gasteiger partial charge >= 0.3 is 6.18 Å². The maximum absolute atomic E-state index is 14.9. The van der Waals surface area contributed by atoms with Crippen LogP contribution in [0.1, 0.15) is 18.9 Å². The van der Waals surface area contributed by atoms with Crippen LogP contribution < -0.4 is 26.3 Å². The molecule has 0 aliphatic heterocycles. The maximum atomic E-state index is 14.9. The lowest BCUT2D eigenvalue weighted by molar-refractivity contribution is -0.140. The third-order valence-electron chi connectivity index (χ3n) is 5.72. The van der Waals surface area contributed by atoms with Gasteiger partial charge in [0, 0.05) is 12.6 Å². The molecule has 4 rings (SSSR count). The van der Waals surface area contributed by atoms with Gasteiger partial charge in [0.2, 0.25) is 0 Å². The number of aromatic nitrogens is 5. The lowest BCUT2D eigenvalue weighted by atomic mass is 10.1. The Bertz CT molecular complexity index is 1640. The van der Waals surface area contributed by atoms with Crippen LogP contribution in [0.15, 0.2) is 46.4 Å². The molecule has 2 unspecified atom stereocenters. The molecule has 15 heteroatoms. The fraction of sp³-hybridized carbons (Fsp3) is 0.292. The Kier molecular flexibility index (Phi) is 7.51. The standard InChI is InChI=1S/C24H21F5N6O4/c1-11(39-17-9-32-34-22(36)19(17)24(27,28)29)5-13(25)10-35-4-3-12-6-15(16(26)7-14(12)23(35)37)21-31-8-18(38-2)20(30)33-21/h3-4,6-9,11,13H,5,10H2,1-2H3,(H,34,36)(H2,30,31,33). The van der Waals surface area contributed by atoms with E-state index in [0.717, 1.165) is 10.6 Å². The van der Waals surface area contributed by atoms with E-state index in [9.17, 15) is 31.5 Å². The van der Waals surface area contributed by atoms with Crippen molar-refractivity contribution < 1.29 is 31.4 Å². The van der Waals surface area contributed by atoms with Gasteiger partial charge in [-0.15, -0.1) is 0 Å². The van der Waals surface area contributed by atoms with Crippen molar-refractivity contribution in [1.29, 1.82) is 0 Å². The fourth-order valence-electron chi connectivity index (χ4n) is 3.94. The van der Waals surface area contributed by atoms with Gasteiger partial charge in [-0.3, -0.25) is 9.59 Å². The average molecular weight is 552 g/mol. The molecule has 206 valence electrons. The first-order valence-corrected chi connectivity index (χ1v) is 11.3. The highest BCUT2D eigenvalue weighted by atomic mass is 19.4. The van der Waals surface area contributed by atoms with E-state index < -0.39 is 59.7 Å². The number of aromatic amines is 1. The SMILES string of the molecule is COc1cnc(-c2cc3ccn(CC(F)CC(C)Oc4cn[nH]c(=O)c4C(F)(F)F)c(=O)c3cc2F)nc1N. The van der Waals surface area contributed by atoms with Crippen LogP contribution in [0.3, 0.4) is 0 Å². The summed E-state index contributed by atoms with van der Waals surface area (Å²) in [5.41, 5.74) is 1.97. The Labute approximate surface area is 216 Å². The van der Waals surface area contributed by atoms with Crippen molar-refractivity contribution in [2.75, 3.05) is 12.8 Å². The second-order valence-corrected chi connectivity index (χ2v) is 8.54. The van der Waals surface area contributed by atoms with Crippen molar-refractivity contribution in [2.45, 2.75) is 38.3 Å². The lowest BCUT2D eigenvalue weighted by Crippen LogP contribution is -2.29. The molecule has 3 N–H and O–H groups in total. The van der Waals surface area contributed by atoms with Crippen molar-refractivity contribution >= 4 is 16.6 Å². The van der Waals surface area contributed by atoms with Gasteiger partial charge in [0.25, 0.3) is 11.1 Å². The van der Waals surface area contributed by atoms with Gasteiger partial charge in [0.05, 0.1) is 43.1 Å². The Morgan fingerprint density at radius 1 is 1.18 bits per heavy atom. The van der Waals surface area contributed by atoms with Crippen molar-refractivity contribution in [3.63, 3.8) is 0 Å². The van der Waals surface area contributed by atoms with Crippen LogP contribution in [0.5, 0.6) is 11.5 Å². The van der Waals surface area contributed by atoms with Gasteiger partial charge in [0.15, 0.2) is 28.7 Å². The van der Waals surface area contributed by atoms with E-state index in [1.807, 2.05) is 0 Å². The summed E-state index contributed by atoms with van der Waals surface area (Å²) in [4.78, 5) is 32.5. The highest BCUT2D eigenvalue weighted by molar-refractivity contribution is 5.86. The molecule has 0 saturated heterocycles. The predicted molar refractivity (Wildman–Crippen MR) is 130 cm³/mol. The molecular formula is C24H21F5N6O4. The number of H-pyrrole nitrogens is 1. The molecular weight excluding hydrogens is 531 g/mol. The number of rotatable bonds is 8. The third kappa shape index (κ3) is 5.81. The third-order valence-corrected chi connectivity index (χ3v) is 5.72. The number of anilines is 1. The Morgan fingerprint density at radius 2 is 1.92 bits per heavy atom. The molecule has 0 fully saturated rings. The minimum absolute atomic E-state index is 0.00503. The minimum atomic E-state index is -5.01. The smallest absolute Gasteiger partial charge is 0.425 e. The van der Waals surface area contributed by atoms with Gasteiger partial charge in [-0.05, 0) is 30.5 Å². The first kappa shape index (κ1) is 27.5. The lowest BCUT2D eigenvalue weighted by Gasteiger charge is -2.19. The first-order chi connectivity index (χ1) is 18.4. The van der Waals surface area contributed by atoms with Crippen LogP contribution in [0.4, 0.5) is 27.8 Å². The van der Waals surface area contributed by atoms with Crippen LogP contribution in [-0.4, -0.2) is 44.1 Å². The molecule has 0 radical (unpaired) electrons. The number of benzene rings is 1. The molecule has 0 bridgehead atoms. The Morgan fingerprint density at radius 3 is 2.59 bits per heavy atom. The molecule has 0 aliphatic carbocycles.